The van der Waals surface area contributed by atoms with Crippen LogP contribution in [0.4, 0.5) is 0 Å². The minimum Gasteiger partial charge on any atom is -0.323 e. The standard InChI is InChI=1S/C14H17NOS2/c1-2-11-5-7-12(8-6-11)13(15)10-18(16)14-4-3-9-17-14/h3-9,13H,2,10,15H2,1H3. The van der Waals surface area contributed by atoms with E-state index in [9.17, 15) is 4.21 Å². The van der Waals surface area contributed by atoms with Crippen molar-refractivity contribution in [3.63, 3.8) is 0 Å². The fourth-order valence-electron chi connectivity index (χ4n) is 1.74. The van der Waals surface area contributed by atoms with Crippen molar-refractivity contribution in [2.24, 2.45) is 5.73 Å². The number of hydrogen-bond donors (Lipinski definition) is 1. The number of nitrogens with two attached hydrogens (primary N) is 1. The minimum absolute atomic E-state index is 0.168. The van der Waals surface area contributed by atoms with Crippen molar-refractivity contribution in [2.45, 2.75) is 23.6 Å². The highest BCUT2D eigenvalue weighted by Gasteiger charge is 2.12. The van der Waals surface area contributed by atoms with Crippen LogP contribution in [-0.2, 0) is 17.2 Å². The van der Waals surface area contributed by atoms with E-state index in [1.54, 1.807) is 0 Å². The summed E-state index contributed by atoms with van der Waals surface area (Å²) in [6, 6.07) is 11.9. The molecular formula is C14H17NOS2. The molecule has 0 spiro atoms. The third-order valence-corrected chi connectivity index (χ3v) is 5.62. The van der Waals surface area contributed by atoms with E-state index in [1.165, 1.54) is 16.9 Å². The van der Waals surface area contributed by atoms with E-state index < -0.39 is 10.8 Å². The summed E-state index contributed by atoms with van der Waals surface area (Å²) >= 11 is 1.52. The Hall–Kier alpha value is -0.970. The van der Waals surface area contributed by atoms with Gasteiger partial charge in [0, 0.05) is 11.8 Å². The second kappa shape index (κ2) is 6.27. The van der Waals surface area contributed by atoms with Crippen LogP contribution in [0.25, 0.3) is 0 Å². The van der Waals surface area contributed by atoms with Gasteiger partial charge in [0.15, 0.2) is 0 Å². The molecule has 2 aromatic rings. The van der Waals surface area contributed by atoms with Crippen LogP contribution in [0, 0.1) is 0 Å². The van der Waals surface area contributed by atoms with E-state index in [4.69, 9.17) is 5.73 Å². The van der Waals surface area contributed by atoms with Gasteiger partial charge in [-0.25, -0.2) is 0 Å². The molecule has 0 aliphatic rings. The highest BCUT2D eigenvalue weighted by molar-refractivity contribution is 7.87. The van der Waals surface area contributed by atoms with E-state index in [-0.39, 0.29) is 6.04 Å². The molecule has 0 saturated heterocycles. The van der Waals surface area contributed by atoms with Gasteiger partial charge in [-0.3, -0.25) is 4.21 Å². The molecule has 2 unspecified atom stereocenters. The maximum atomic E-state index is 12.1. The minimum atomic E-state index is -0.997. The Labute approximate surface area is 114 Å². The highest BCUT2D eigenvalue weighted by Crippen LogP contribution is 2.19. The van der Waals surface area contributed by atoms with Crippen LogP contribution in [-0.4, -0.2) is 9.96 Å². The predicted molar refractivity (Wildman–Crippen MR) is 78.3 cm³/mol. The normalized spacial score (nSPS) is 14.3. The first-order valence-corrected chi connectivity index (χ1v) is 8.17. The van der Waals surface area contributed by atoms with Crippen LogP contribution < -0.4 is 5.73 Å². The van der Waals surface area contributed by atoms with Crippen molar-refractivity contribution in [1.29, 1.82) is 0 Å². The molecule has 2 nitrogen and oxygen atoms in total. The molecule has 0 aliphatic carbocycles. The van der Waals surface area contributed by atoms with Gasteiger partial charge in [-0.05, 0) is 29.0 Å². The fraction of sp³-hybridized carbons (Fsp3) is 0.286. The molecule has 0 fully saturated rings. The van der Waals surface area contributed by atoms with Gasteiger partial charge < -0.3 is 5.73 Å². The summed E-state index contributed by atoms with van der Waals surface area (Å²) in [6.45, 7) is 2.13. The monoisotopic (exact) mass is 279 g/mol. The molecule has 1 aromatic carbocycles. The molecule has 0 aliphatic heterocycles. The van der Waals surface area contributed by atoms with Crippen LogP contribution in [0.1, 0.15) is 24.1 Å². The third kappa shape index (κ3) is 3.28. The number of thiophene rings is 1. The van der Waals surface area contributed by atoms with Crippen LogP contribution in [0.3, 0.4) is 0 Å². The van der Waals surface area contributed by atoms with Crippen molar-refractivity contribution in [3.05, 3.63) is 52.9 Å². The Morgan fingerprint density at radius 2 is 2.00 bits per heavy atom. The summed E-state index contributed by atoms with van der Waals surface area (Å²) in [4.78, 5) is 0. The fourth-order valence-corrected chi connectivity index (χ4v) is 3.90. The molecule has 1 heterocycles. The molecule has 96 valence electrons. The van der Waals surface area contributed by atoms with Crippen molar-refractivity contribution in [1.82, 2.24) is 0 Å². The van der Waals surface area contributed by atoms with Gasteiger partial charge in [-0.2, -0.15) is 0 Å². The number of aryl methyl sites for hydroxylation is 1. The lowest BCUT2D eigenvalue weighted by Crippen LogP contribution is -2.18. The van der Waals surface area contributed by atoms with Gasteiger partial charge in [-0.15, -0.1) is 11.3 Å². The lowest BCUT2D eigenvalue weighted by atomic mass is 10.1. The predicted octanol–water partition coefficient (Wildman–Crippen LogP) is 3.12. The van der Waals surface area contributed by atoms with Crippen LogP contribution in [0.2, 0.25) is 0 Å². The van der Waals surface area contributed by atoms with Gasteiger partial charge in [0.25, 0.3) is 0 Å². The highest BCUT2D eigenvalue weighted by atomic mass is 32.2. The molecular weight excluding hydrogens is 262 g/mol. The van der Waals surface area contributed by atoms with E-state index in [2.05, 4.69) is 19.1 Å². The molecule has 4 heteroatoms. The zero-order valence-electron chi connectivity index (χ0n) is 10.3. The van der Waals surface area contributed by atoms with E-state index in [0.717, 1.165) is 16.2 Å². The third-order valence-electron chi connectivity index (χ3n) is 2.87. The summed E-state index contributed by atoms with van der Waals surface area (Å²) in [7, 11) is -0.997. The Balaban J connectivity index is 2.02. The van der Waals surface area contributed by atoms with Crippen molar-refractivity contribution >= 4 is 22.1 Å². The SMILES string of the molecule is CCc1ccc(C(N)CS(=O)c2cccs2)cc1. The summed E-state index contributed by atoms with van der Waals surface area (Å²) in [5, 5.41) is 1.94. The summed E-state index contributed by atoms with van der Waals surface area (Å²) in [5.74, 6) is 0.478. The molecule has 0 amide bonds. The molecule has 1 aromatic heterocycles. The van der Waals surface area contributed by atoms with Crippen molar-refractivity contribution in [3.8, 4) is 0 Å². The topological polar surface area (TPSA) is 43.1 Å². The molecule has 2 rings (SSSR count). The van der Waals surface area contributed by atoms with Gasteiger partial charge >= 0.3 is 0 Å². The van der Waals surface area contributed by atoms with Gasteiger partial charge in [0.2, 0.25) is 0 Å². The zero-order chi connectivity index (χ0) is 13.0. The summed E-state index contributed by atoms with van der Waals surface area (Å²) in [6.07, 6.45) is 1.02. The van der Waals surface area contributed by atoms with Gasteiger partial charge in [0.1, 0.15) is 0 Å². The van der Waals surface area contributed by atoms with Gasteiger partial charge in [0.05, 0.1) is 15.0 Å². The molecule has 0 saturated carbocycles. The molecule has 2 N–H and O–H groups in total. The second-order valence-corrected chi connectivity index (χ2v) is 6.82. The lowest BCUT2D eigenvalue weighted by molar-refractivity contribution is 0.676. The molecule has 0 radical (unpaired) electrons. The molecule has 2 atom stereocenters. The van der Waals surface area contributed by atoms with Crippen molar-refractivity contribution < 1.29 is 4.21 Å². The Bertz CT molecular complexity index is 505. The number of hydrogen-bond acceptors (Lipinski definition) is 3. The first-order valence-electron chi connectivity index (χ1n) is 5.97. The first-order chi connectivity index (χ1) is 8.70. The van der Waals surface area contributed by atoms with E-state index >= 15 is 0 Å². The first kappa shape index (κ1) is 13.5. The Kier molecular flexibility index (Phi) is 4.69. The largest absolute Gasteiger partial charge is 0.323 e. The van der Waals surface area contributed by atoms with Crippen LogP contribution >= 0.6 is 11.3 Å². The van der Waals surface area contributed by atoms with Crippen molar-refractivity contribution in [2.75, 3.05) is 5.75 Å². The smallest absolute Gasteiger partial charge is 0.0911 e. The molecule has 0 bridgehead atoms. The maximum Gasteiger partial charge on any atom is 0.0911 e. The van der Waals surface area contributed by atoms with Crippen LogP contribution in [0.15, 0.2) is 46.0 Å². The second-order valence-electron chi connectivity index (χ2n) is 4.15. The number of benzene rings is 1. The van der Waals surface area contributed by atoms with E-state index in [1.807, 2.05) is 29.6 Å². The Morgan fingerprint density at radius 1 is 1.28 bits per heavy atom. The average molecular weight is 279 g/mol. The lowest BCUT2D eigenvalue weighted by Gasteiger charge is -2.11. The molecule has 18 heavy (non-hydrogen) atoms. The van der Waals surface area contributed by atoms with Crippen LogP contribution in [0.5, 0.6) is 0 Å². The summed E-state index contributed by atoms with van der Waals surface area (Å²) in [5.41, 5.74) is 8.45. The van der Waals surface area contributed by atoms with Gasteiger partial charge in [-0.1, -0.05) is 37.3 Å². The maximum absolute atomic E-state index is 12.1. The van der Waals surface area contributed by atoms with E-state index in [0.29, 0.717) is 5.75 Å². The number of rotatable bonds is 5. The Morgan fingerprint density at radius 3 is 2.56 bits per heavy atom. The zero-order valence-corrected chi connectivity index (χ0v) is 12.0. The summed E-state index contributed by atoms with van der Waals surface area (Å²) < 4.78 is 13.0. The average Bonchev–Trinajstić information content (AvgIpc) is 2.92. The quantitative estimate of drug-likeness (QED) is 0.914.